The van der Waals surface area contributed by atoms with Gasteiger partial charge in [-0.25, -0.2) is 0 Å². The Morgan fingerprint density at radius 3 is 2.40 bits per heavy atom. The Hall–Kier alpha value is -1.02. The summed E-state index contributed by atoms with van der Waals surface area (Å²) in [6.45, 7) is 4.30. The number of hydrogen-bond acceptors (Lipinski definition) is 2. The standard InChI is InChI=1S/C13H20N2/c1-9-5-3-6-10(2)13(9)15-12-8-4-7-11(12)14/h3,5-6,11-12,15H,4,7-8,14H2,1-2H3/t11-,12-/m1/s1. The van der Waals surface area contributed by atoms with Crippen molar-refractivity contribution in [2.45, 2.75) is 45.2 Å². The first-order valence-corrected chi connectivity index (χ1v) is 5.77. The lowest BCUT2D eigenvalue weighted by molar-refractivity contribution is 0.637. The molecule has 0 heterocycles. The van der Waals surface area contributed by atoms with E-state index >= 15 is 0 Å². The van der Waals surface area contributed by atoms with Crippen molar-refractivity contribution in [1.29, 1.82) is 0 Å². The fraction of sp³-hybridized carbons (Fsp3) is 0.538. The third-order valence-corrected chi connectivity index (χ3v) is 3.38. The highest BCUT2D eigenvalue weighted by atomic mass is 15.0. The highest BCUT2D eigenvalue weighted by Gasteiger charge is 2.24. The van der Waals surface area contributed by atoms with E-state index in [1.54, 1.807) is 0 Å². The first kappa shape index (κ1) is 10.5. The summed E-state index contributed by atoms with van der Waals surface area (Å²) in [5.41, 5.74) is 9.97. The van der Waals surface area contributed by atoms with Crippen molar-refractivity contribution in [2.24, 2.45) is 5.73 Å². The molecule has 15 heavy (non-hydrogen) atoms. The zero-order valence-electron chi connectivity index (χ0n) is 9.59. The van der Waals surface area contributed by atoms with Crippen LogP contribution in [0, 0.1) is 13.8 Å². The molecule has 1 fully saturated rings. The minimum absolute atomic E-state index is 0.323. The van der Waals surface area contributed by atoms with E-state index in [0.717, 1.165) is 6.42 Å². The van der Waals surface area contributed by atoms with Gasteiger partial charge in [0.25, 0.3) is 0 Å². The lowest BCUT2D eigenvalue weighted by Crippen LogP contribution is -2.35. The molecule has 2 atom stereocenters. The Balaban J connectivity index is 2.16. The van der Waals surface area contributed by atoms with Gasteiger partial charge in [0.2, 0.25) is 0 Å². The predicted molar refractivity (Wildman–Crippen MR) is 65.2 cm³/mol. The summed E-state index contributed by atoms with van der Waals surface area (Å²) >= 11 is 0. The van der Waals surface area contributed by atoms with Crippen LogP contribution in [0.2, 0.25) is 0 Å². The number of para-hydroxylation sites is 1. The maximum Gasteiger partial charge on any atom is 0.0412 e. The summed E-state index contributed by atoms with van der Waals surface area (Å²) in [5.74, 6) is 0. The molecule has 0 aliphatic heterocycles. The number of aryl methyl sites for hydroxylation is 2. The van der Waals surface area contributed by atoms with Crippen LogP contribution in [-0.2, 0) is 0 Å². The maximum absolute atomic E-state index is 6.06. The van der Waals surface area contributed by atoms with Crippen molar-refractivity contribution < 1.29 is 0 Å². The normalized spacial score (nSPS) is 25.5. The molecule has 1 aliphatic carbocycles. The summed E-state index contributed by atoms with van der Waals surface area (Å²) in [5, 5.41) is 3.60. The third kappa shape index (κ3) is 2.15. The van der Waals surface area contributed by atoms with Crippen LogP contribution in [0.15, 0.2) is 18.2 Å². The molecule has 1 aliphatic rings. The Labute approximate surface area is 91.9 Å². The summed E-state index contributed by atoms with van der Waals surface area (Å²) in [6.07, 6.45) is 3.61. The van der Waals surface area contributed by atoms with E-state index in [9.17, 15) is 0 Å². The first-order chi connectivity index (χ1) is 7.18. The summed E-state index contributed by atoms with van der Waals surface area (Å²) in [7, 11) is 0. The van der Waals surface area contributed by atoms with E-state index in [1.165, 1.54) is 29.7 Å². The molecular weight excluding hydrogens is 184 g/mol. The smallest absolute Gasteiger partial charge is 0.0412 e. The van der Waals surface area contributed by atoms with E-state index in [4.69, 9.17) is 5.73 Å². The van der Waals surface area contributed by atoms with Gasteiger partial charge in [0.15, 0.2) is 0 Å². The van der Waals surface area contributed by atoms with Gasteiger partial charge in [0.05, 0.1) is 0 Å². The minimum Gasteiger partial charge on any atom is -0.380 e. The summed E-state index contributed by atoms with van der Waals surface area (Å²) in [6, 6.07) is 7.18. The molecule has 0 unspecified atom stereocenters. The van der Waals surface area contributed by atoms with Crippen LogP contribution < -0.4 is 11.1 Å². The molecule has 0 aromatic heterocycles. The molecule has 0 radical (unpaired) electrons. The Bertz CT molecular complexity index is 326. The van der Waals surface area contributed by atoms with E-state index in [-0.39, 0.29) is 0 Å². The Kier molecular flexibility index (Phi) is 2.96. The van der Waals surface area contributed by atoms with Gasteiger partial charge in [-0.2, -0.15) is 0 Å². The number of rotatable bonds is 2. The summed E-state index contributed by atoms with van der Waals surface area (Å²) in [4.78, 5) is 0. The number of nitrogens with two attached hydrogens (primary N) is 1. The van der Waals surface area contributed by atoms with Crippen molar-refractivity contribution in [3.8, 4) is 0 Å². The van der Waals surface area contributed by atoms with Crippen molar-refractivity contribution >= 4 is 5.69 Å². The van der Waals surface area contributed by atoms with Crippen molar-refractivity contribution in [2.75, 3.05) is 5.32 Å². The fourth-order valence-corrected chi connectivity index (χ4v) is 2.40. The van der Waals surface area contributed by atoms with Crippen molar-refractivity contribution in [1.82, 2.24) is 0 Å². The zero-order valence-corrected chi connectivity index (χ0v) is 9.59. The van der Waals surface area contributed by atoms with Crippen LogP contribution >= 0.6 is 0 Å². The highest BCUT2D eigenvalue weighted by molar-refractivity contribution is 5.57. The van der Waals surface area contributed by atoms with E-state index in [2.05, 4.69) is 37.4 Å². The predicted octanol–water partition coefficient (Wildman–Crippen LogP) is 2.60. The van der Waals surface area contributed by atoms with Gasteiger partial charge in [-0.15, -0.1) is 0 Å². The lowest BCUT2D eigenvalue weighted by atomic mass is 10.1. The monoisotopic (exact) mass is 204 g/mol. The van der Waals surface area contributed by atoms with Gasteiger partial charge in [-0.3, -0.25) is 0 Å². The molecule has 3 N–H and O–H groups in total. The molecule has 2 heteroatoms. The largest absolute Gasteiger partial charge is 0.380 e. The van der Waals surface area contributed by atoms with Crippen molar-refractivity contribution in [3.63, 3.8) is 0 Å². The number of nitrogens with one attached hydrogen (secondary N) is 1. The van der Waals surface area contributed by atoms with Crippen LogP contribution in [-0.4, -0.2) is 12.1 Å². The van der Waals surface area contributed by atoms with Crippen LogP contribution in [0.4, 0.5) is 5.69 Å². The molecule has 2 rings (SSSR count). The van der Waals surface area contributed by atoms with E-state index in [0.29, 0.717) is 12.1 Å². The highest BCUT2D eigenvalue weighted by Crippen LogP contribution is 2.25. The molecule has 0 bridgehead atoms. The van der Waals surface area contributed by atoms with E-state index in [1.807, 2.05) is 0 Å². The van der Waals surface area contributed by atoms with Crippen LogP contribution in [0.1, 0.15) is 30.4 Å². The molecule has 2 nitrogen and oxygen atoms in total. The SMILES string of the molecule is Cc1cccc(C)c1N[C@@H]1CCC[C@H]1N. The number of hydrogen-bond donors (Lipinski definition) is 2. The van der Waals surface area contributed by atoms with Gasteiger partial charge >= 0.3 is 0 Å². The molecule has 0 saturated heterocycles. The van der Waals surface area contributed by atoms with Crippen LogP contribution in [0.5, 0.6) is 0 Å². The Morgan fingerprint density at radius 1 is 1.20 bits per heavy atom. The second-order valence-corrected chi connectivity index (χ2v) is 4.61. The number of benzene rings is 1. The molecule has 1 aromatic rings. The van der Waals surface area contributed by atoms with Crippen LogP contribution in [0.3, 0.4) is 0 Å². The first-order valence-electron chi connectivity index (χ1n) is 5.77. The lowest BCUT2D eigenvalue weighted by Gasteiger charge is -2.21. The summed E-state index contributed by atoms with van der Waals surface area (Å²) < 4.78 is 0. The molecule has 1 aromatic carbocycles. The van der Waals surface area contributed by atoms with Gasteiger partial charge in [-0.05, 0) is 44.2 Å². The quantitative estimate of drug-likeness (QED) is 0.777. The van der Waals surface area contributed by atoms with Gasteiger partial charge < -0.3 is 11.1 Å². The van der Waals surface area contributed by atoms with Crippen LogP contribution in [0.25, 0.3) is 0 Å². The van der Waals surface area contributed by atoms with Gasteiger partial charge in [-0.1, -0.05) is 18.2 Å². The fourth-order valence-electron chi connectivity index (χ4n) is 2.40. The molecule has 0 amide bonds. The Morgan fingerprint density at radius 2 is 1.87 bits per heavy atom. The second kappa shape index (κ2) is 4.23. The maximum atomic E-state index is 6.06. The molecule has 0 spiro atoms. The van der Waals surface area contributed by atoms with Gasteiger partial charge in [0.1, 0.15) is 0 Å². The minimum atomic E-state index is 0.323. The van der Waals surface area contributed by atoms with E-state index < -0.39 is 0 Å². The molecular formula is C13H20N2. The molecule has 82 valence electrons. The van der Waals surface area contributed by atoms with Crippen molar-refractivity contribution in [3.05, 3.63) is 29.3 Å². The average Bonchev–Trinajstić information content (AvgIpc) is 2.58. The topological polar surface area (TPSA) is 38.0 Å². The number of anilines is 1. The zero-order chi connectivity index (χ0) is 10.8. The average molecular weight is 204 g/mol. The molecule has 1 saturated carbocycles. The third-order valence-electron chi connectivity index (χ3n) is 3.38. The van der Waals surface area contributed by atoms with Gasteiger partial charge in [0, 0.05) is 17.8 Å². The second-order valence-electron chi connectivity index (χ2n) is 4.61.